The van der Waals surface area contributed by atoms with Crippen molar-refractivity contribution in [2.45, 2.75) is 31.8 Å². The lowest BCUT2D eigenvalue weighted by Gasteiger charge is -2.28. The quantitative estimate of drug-likeness (QED) is 0.832. The molecule has 1 heterocycles. The molecule has 1 aromatic rings. The Morgan fingerprint density at radius 2 is 2.33 bits per heavy atom. The highest BCUT2D eigenvalue weighted by Gasteiger charge is 2.29. The van der Waals surface area contributed by atoms with Crippen molar-refractivity contribution in [1.29, 1.82) is 0 Å². The third-order valence-electron chi connectivity index (χ3n) is 3.76. The van der Waals surface area contributed by atoms with Gasteiger partial charge in [-0.25, -0.2) is 0 Å². The van der Waals surface area contributed by atoms with Crippen molar-refractivity contribution < 1.29 is 9.52 Å². The summed E-state index contributed by atoms with van der Waals surface area (Å²) in [5, 5.41) is 9.13. The summed E-state index contributed by atoms with van der Waals surface area (Å²) < 4.78 is 5.22. The molecule has 0 aliphatic heterocycles. The molecule has 1 fully saturated rings. The summed E-state index contributed by atoms with van der Waals surface area (Å²) in [6.07, 6.45) is 4.61. The lowest BCUT2D eigenvalue weighted by Crippen LogP contribution is -2.37. The second-order valence-electron chi connectivity index (χ2n) is 5.00. The topological polar surface area (TPSA) is 79.7 Å². The van der Waals surface area contributed by atoms with Gasteiger partial charge in [0.05, 0.1) is 6.54 Å². The molecule has 18 heavy (non-hydrogen) atoms. The molecule has 100 valence electrons. The van der Waals surface area contributed by atoms with Crippen LogP contribution in [0.1, 0.15) is 25.0 Å². The van der Waals surface area contributed by atoms with Crippen molar-refractivity contribution in [3.05, 3.63) is 28.3 Å². The minimum absolute atomic E-state index is 0.345. The number of nitrogens with two attached hydrogens (primary N) is 1. The van der Waals surface area contributed by atoms with Crippen molar-refractivity contribution in [1.82, 2.24) is 4.90 Å². The Morgan fingerprint density at radius 1 is 1.56 bits per heavy atom. The molecule has 0 amide bonds. The molecule has 0 spiro atoms. The molecule has 2 atom stereocenters. The average molecular weight is 252 g/mol. The lowest BCUT2D eigenvalue weighted by molar-refractivity contribution is 0.178. The van der Waals surface area contributed by atoms with E-state index in [1.165, 1.54) is 18.9 Å². The van der Waals surface area contributed by atoms with Gasteiger partial charge in [0.2, 0.25) is 5.43 Å². The van der Waals surface area contributed by atoms with Gasteiger partial charge in [-0.2, -0.15) is 0 Å². The number of rotatable bonds is 4. The first-order valence-electron chi connectivity index (χ1n) is 6.33. The summed E-state index contributed by atoms with van der Waals surface area (Å²) in [5.41, 5.74) is 5.37. The van der Waals surface area contributed by atoms with Gasteiger partial charge >= 0.3 is 0 Å². The van der Waals surface area contributed by atoms with Crippen LogP contribution in [0.15, 0.2) is 21.5 Å². The Bertz CT molecular complexity index is 458. The Hall–Kier alpha value is -1.33. The van der Waals surface area contributed by atoms with Crippen molar-refractivity contribution in [2.75, 3.05) is 13.6 Å². The van der Waals surface area contributed by atoms with Gasteiger partial charge in [-0.3, -0.25) is 9.69 Å². The fourth-order valence-electron chi connectivity index (χ4n) is 2.76. The number of nitrogens with zero attached hydrogens (tertiary/aromatic N) is 1. The molecule has 1 aliphatic carbocycles. The molecule has 0 radical (unpaired) electrons. The van der Waals surface area contributed by atoms with Gasteiger partial charge in [0, 0.05) is 12.1 Å². The summed E-state index contributed by atoms with van der Waals surface area (Å²) in [4.78, 5) is 13.5. The molecule has 1 saturated carbocycles. The van der Waals surface area contributed by atoms with Gasteiger partial charge in [0.15, 0.2) is 5.75 Å². The van der Waals surface area contributed by atoms with E-state index in [9.17, 15) is 4.79 Å². The molecule has 2 unspecified atom stereocenters. The number of hydrogen-bond donors (Lipinski definition) is 2. The van der Waals surface area contributed by atoms with Crippen LogP contribution in [-0.4, -0.2) is 29.6 Å². The molecule has 3 N–H and O–H groups in total. The standard InChI is InChI=1S/C13H20N2O3/c1-15(11-4-2-3-9(11)6-14)7-10-5-12(16)13(17)8-18-10/h5,8-9,11,17H,2-4,6-7,14H2,1H3. The Kier molecular flexibility index (Phi) is 4.04. The van der Waals surface area contributed by atoms with Crippen LogP contribution in [-0.2, 0) is 6.54 Å². The van der Waals surface area contributed by atoms with Crippen molar-refractivity contribution in [3.63, 3.8) is 0 Å². The fraction of sp³-hybridized carbons (Fsp3) is 0.615. The van der Waals surface area contributed by atoms with E-state index in [0.717, 1.165) is 12.7 Å². The summed E-state index contributed by atoms with van der Waals surface area (Å²) in [5.74, 6) is 0.754. The van der Waals surface area contributed by atoms with E-state index in [1.807, 2.05) is 7.05 Å². The van der Waals surface area contributed by atoms with E-state index < -0.39 is 5.43 Å². The van der Waals surface area contributed by atoms with E-state index in [-0.39, 0.29) is 5.75 Å². The van der Waals surface area contributed by atoms with Gasteiger partial charge in [0.1, 0.15) is 12.0 Å². The molecule has 0 saturated heterocycles. The lowest BCUT2D eigenvalue weighted by atomic mass is 10.0. The second-order valence-corrected chi connectivity index (χ2v) is 5.00. The van der Waals surface area contributed by atoms with Gasteiger partial charge in [-0.1, -0.05) is 6.42 Å². The molecule has 2 rings (SSSR count). The molecular weight excluding hydrogens is 232 g/mol. The predicted octanol–water partition coefficient (Wildman–Crippen LogP) is 0.905. The highest BCUT2D eigenvalue weighted by atomic mass is 16.4. The summed E-state index contributed by atoms with van der Waals surface area (Å²) in [7, 11) is 2.02. The maximum atomic E-state index is 11.3. The summed E-state index contributed by atoms with van der Waals surface area (Å²) in [6.45, 7) is 1.27. The third-order valence-corrected chi connectivity index (χ3v) is 3.76. The van der Waals surface area contributed by atoms with Gasteiger partial charge in [-0.15, -0.1) is 0 Å². The van der Waals surface area contributed by atoms with E-state index in [4.69, 9.17) is 15.3 Å². The number of hydrogen-bond acceptors (Lipinski definition) is 5. The van der Waals surface area contributed by atoms with E-state index in [2.05, 4.69) is 4.90 Å². The molecular formula is C13H20N2O3. The van der Waals surface area contributed by atoms with Crippen molar-refractivity contribution in [3.8, 4) is 5.75 Å². The van der Waals surface area contributed by atoms with Crippen LogP contribution < -0.4 is 11.2 Å². The van der Waals surface area contributed by atoms with E-state index in [0.29, 0.717) is 30.8 Å². The smallest absolute Gasteiger partial charge is 0.226 e. The van der Waals surface area contributed by atoms with Crippen LogP contribution in [0, 0.1) is 5.92 Å². The monoisotopic (exact) mass is 252 g/mol. The van der Waals surface area contributed by atoms with Crippen LogP contribution in [0.3, 0.4) is 0 Å². The van der Waals surface area contributed by atoms with Crippen LogP contribution in [0.25, 0.3) is 0 Å². The highest BCUT2D eigenvalue weighted by Crippen LogP contribution is 2.29. The van der Waals surface area contributed by atoms with Crippen LogP contribution in [0.4, 0.5) is 0 Å². The summed E-state index contributed by atoms with van der Waals surface area (Å²) in [6, 6.07) is 1.80. The minimum Gasteiger partial charge on any atom is -0.502 e. The van der Waals surface area contributed by atoms with Crippen LogP contribution >= 0.6 is 0 Å². The SMILES string of the molecule is CN(Cc1cc(=O)c(O)co1)C1CCCC1CN. The molecule has 0 aromatic carbocycles. The zero-order valence-electron chi connectivity index (χ0n) is 10.6. The zero-order valence-corrected chi connectivity index (χ0v) is 10.6. The van der Waals surface area contributed by atoms with Gasteiger partial charge in [-0.05, 0) is 32.4 Å². The molecule has 5 nitrogen and oxygen atoms in total. The maximum absolute atomic E-state index is 11.3. The molecule has 5 heteroatoms. The molecule has 0 bridgehead atoms. The first-order chi connectivity index (χ1) is 8.61. The Labute approximate surface area is 106 Å². The van der Waals surface area contributed by atoms with E-state index >= 15 is 0 Å². The average Bonchev–Trinajstić information content (AvgIpc) is 2.82. The van der Waals surface area contributed by atoms with Gasteiger partial charge in [0.25, 0.3) is 0 Å². The second kappa shape index (κ2) is 5.54. The Morgan fingerprint density at radius 3 is 3.00 bits per heavy atom. The normalized spacial score (nSPS) is 23.7. The zero-order chi connectivity index (χ0) is 13.1. The van der Waals surface area contributed by atoms with Gasteiger partial charge < -0.3 is 15.3 Å². The molecule has 1 aliphatic rings. The fourth-order valence-corrected chi connectivity index (χ4v) is 2.76. The number of aromatic hydroxyl groups is 1. The Balaban J connectivity index is 2.04. The summed E-state index contributed by atoms with van der Waals surface area (Å²) >= 11 is 0. The first kappa shape index (κ1) is 13.1. The first-order valence-corrected chi connectivity index (χ1v) is 6.33. The maximum Gasteiger partial charge on any atom is 0.226 e. The van der Waals surface area contributed by atoms with E-state index in [1.54, 1.807) is 0 Å². The largest absolute Gasteiger partial charge is 0.502 e. The van der Waals surface area contributed by atoms with Crippen LogP contribution in [0.2, 0.25) is 0 Å². The highest BCUT2D eigenvalue weighted by molar-refractivity contribution is 5.15. The van der Waals surface area contributed by atoms with Crippen LogP contribution in [0.5, 0.6) is 5.75 Å². The predicted molar refractivity (Wildman–Crippen MR) is 68.3 cm³/mol. The van der Waals surface area contributed by atoms with Crippen molar-refractivity contribution >= 4 is 0 Å². The minimum atomic E-state index is -0.397. The molecule has 1 aromatic heterocycles. The third kappa shape index (κ3) is 2.73. The van der Waals surface area contributed by atoms with Crippen molar-refractivity contribution in [2.24, 2.45) is 11.7 Å².